The Hall–Kier alpha value is -2.93. The second-order valence-corrected chi connectivity index (χ2v) is 9.61. The average Bonchev–Trinajstić information content (AvgIpc) is 3.29. The van der Waals surface area contributed by atoms with Gasteiger partial charge in [0.15, 0.2) is 17.8 Å². The molecular weight excluding hydrogens is 518 g/mol. The van der Waals surface area contributed by atoms with Gasteiger partial charge in [-0.2, -0.15) is 0 Å². The summed E-state index contributed by atoms with van der Waals surface area (Å²) in [4.78, 5) is 17.8. The van der Waals surface area contributed by atoms with E-state index in [1.807, 2.05) is 24.3 Å². The fraction of sp³-hybridized carbons (Fsp3) is 0.462. The van der Waals surface area contributed by atoms with Crippen molar-refractivity contribution in [3.8, 4) is 11.5 Å². The summed E-state index contributed by atoms with van der Waals surface area (Å²) in [6.45, 7) is 3.70. The molecule has 0 radical (unpaired) electrons. The van der Waals surface area contributed by atoms with Gasteiger partial charge in [0.05, 0.1) is 29.8 Å². The van der Waals surface area contributed by atoms with Crippen molar-refractivity contribution in [1.29, 1.82) is 0 Å². The van der Waals surface area contributed by atoms with E-state index in [4.69, 9.17) is 35.5 Å². The second kappa shape index (κ2) is 11.9. The Morgan fingerprint density at radius 2 is 1.95 bits per heavy atom. The number of carbonyl (C=O) groups excluding carboxylic acids is 1. The predicted octanol–water partition coefficient (Wildman–Crippen LogP) is 2.04. The molecule has 4 N–H and O–H groups in total. The fourth-order valence-corrected chi connectivity index (χ4v) is 4.84. The summed E-state index contributed by atoms with van der Waals surface area (Å²) in [5, 5.41) is 32.8. The second-order valence-electron chi connectivity index (χ2n) is 9.20. The molecule has 0 unspecified atom stereocenters. The van der Waals surface area contributed by atoms with Gasteiger partial charge in [-0.3, -0.25) is 4.79 Å². The van der Waals surface area contributed by atoms with E-state index in [2.05, 4.69) is 23.7 Å². The number of hydrogen-bond acceptors (Lipinski definition) is 9. The zero-order chi connectivity index (χ0) is 27.6. The lowest BCUT2D eigenvalue weighted by molar-refractivity contribution is -0.261. The molecule has 11 nitrogen and oxygen atoms in total. The number of methoxy groups -OCH3 is 2. The summed E-state index contributed by atoms with van der Waals surface area (Å²) < 4.78 is 24.2. The number of aliphatic hydroxyl groups is 3. The third-order valence-electron chi connectivity index (χ3n) is 6.43. The van der Waals surface area contributed by atoms with Gasteiger partial charge in [-0.05, 0) is 38.1 Å². The van der Waals surface area contributed by atoms with Crippen LogP contribution in [-0.4, -0.2) is 82.2 Å². The minimum atomic E-state index is -1.45. The highest BCUT2D eigenvalue weighted by molar-refractivity contribution is 6.32. The van der Waals surface area contributed by atoms with Crippen LogP contribution in [0, 0.1) is 0 Å². The van der Waals surface area contributed by atoms with Crippen molar-refractivity contribution in [3.63, 3.8) is 0 Å². The standard InChI is InChI=1S/C26H32ClN3O8/c1-13(2)30-17-8-6-5-7-16(17)28-20(30)12-37-24-15(27)9-14(10-18(24)35-3)25(34)29-21-23(33)22(32)19(11-31)38-26(21)36-4/h5-10,13,19,21-23,26,31-33H,11-12H2,1-4H3,(H,29,34)/t19-,21-,22-,23-,26+/m1/s1. The largest absolute Gasteiger partial charge is 0.493 e. The van der Waals surface area contributed by atoms with Gasteiger partial charge in [0.1, 0.15) is 36.8 Å². The molecule has 1 saturated heterocycles. The smallest absolute Gasteiger partial charge is 0.251 e. The van der Waals surface area contributed by atoms with Gasteiger partial charge < -0.3 is 44.2 Å². The topological polar surface area (TPSA) is 145 Å². The molecule has 206 valence electrons. The first kappa shape index (κ1) is 28.1. The van der Waals surface area contributed by atoms with Crippen LogP contribution in [0.5, 0.6) is 11.5 Å². The van der Waals surface area contributed by atoms with Gasteiger partial charge in [-0.1, -0.05) is 23.7 Å². The van der Waals surface area contributed by atoms with E-state index in [-0.39, 0.29) is 34.7 Å². The molecule has 4 rings (SSSR count). The van der Waals surface area contributed by atoms with E-state index in [1.54, 1.807) is 0 Å². The highest BCUT2D eigenvalue weighted by Gasteiger charge is 2.45. The van der Waals surface area contributed by atoms with Crippen molar-refractivity contribution in [2.45, 2.75) is 57.1 Å². The molecule has 38 heavy (non-hydrogen) atoms. The molecule has 2 aromatic carbocycles. The Balaban J connectivity index is 1.55. The van der Waals surface area contributed by atoms with Crippen molar-refractivity contribution >= 4 is 28.5 Å². The summed E-state index contributed by atoms with van der Waals surface area (Å²) in [6.07, 6.45) is -5.04. The molecule has 0 bridgehead atoms. The number of rotatable bonds is 9. The van der Waals surface area contributed by atoms with Crippen molar-refractivity contribution in [2.75, 3.05) is 20.8 Å². The molecule has 1 fully saturated rings. The van der Waals surface area contributed by atoms with Gasteiger partial charge in [0.25, 0.3) is 5.91 Å². The van der Waals surface area contributed by atoms with Gasteiger partial charge in [0.2, 0.25) is 0 Å². The van der Waals surface area contributed by atoms with E-state index in [0.29, 0.717) is 5.82 Å². The van der Waals surface area contributed by atoms with Crippen molar-refractivity contribution in [1.82, 2.24) is 14.9 Å². The molecule has 0 spiro atoms. The predicted molar refractivity (Wildman–Crippen MR) is 138 cm³/mol. The highest BCUT2D eigenvalue weighted by atomic mass is 35.5. The van der Waals surface area contributed by atoms with Crippen LogP contribution in [0.1, 0.15) is 36.1 Å². The number of fused-ring (bicyclic) bond motifs is 1. The van der Waals surface area contributed by atoms with Crippen LogP contribution in [0.15, 0.2) is 36.4 Å². The first-order valence-electron chi connectivity index (χ1n) is 12.1. The van der Waals surface area contributed by atoms with E-state index in [9.17, 15) is 20.1 Å². The van der Waals surface area contributed by atoms with Crippen molar-refractivity contribution in [2.24, 2.45) is 0 Å². The summed E-state index contributed by atoms with van der Waals surface area (Å²) in [6, 6.07) is 9.70. The Labute approximate surface area is 224 Å². The highest BCUT2D eigenvalue weighted by Crippen LogP contribution is 2.37. The maximum atomic E-state index is 13.1. The summed E-state index contributed by atoms with van der Waals surface area (Å²) in [7, 11) is 2.75. The van der Waals surface area contributed by atoms with Crippen molar-refractivity contribution in [3.05, 3.63) is 52.8 Å². The number of ether oxygens (including phenoxy) is 4. The monoisotopic (exact) mass is 549 g/mol. The molecule has 5 atom stereocenters. The first-order valence-corrected chi connectivity index (χ1v) is 12.5. The van der Waals surface area contributed by atoms with Gasteiger partial charge in [-0.25, -0.2) is 4.98 Å². The lowest BCUT2D eigenvalue weighted by Gasteiger charge is -2.41. The first-order chi connectivity index (χ1) is 18.2. The molecule has 2 heterocycles. The average molecular weight is 550 g/mol. The van der Waals surface area contributed by atoms with Crippen LogP contribution in [0.4, 0.5) is 0 Å². The number of nitrogens with one attached hydrogen (secondary N) is 1. The minimum Gasteiger partial charge on any atom is -0.493 e. The fourth-order valence-electron chi connectivity index (χ4n) is 4.57. The SMILES string of the molecule is COc1cc(C(=O)N[C@H]2[C@@H](OC)O[C@H](CO)[C@@H](O)[C@@H]2O)cc(Cl)c1OCc1nc2ccccc2n1C(C)C. The maximum absolute atomic E-state index is 13.1. The maximum Gasteiger partial charge on any atom is 0.251 e. The van der Waals surface area contributed by atoms with Crippen molar-refractivity contribution < 1.29 is 39.1 Å². The summed E-state index contributed by atoms with van der Waals surface area (Å²) in [5.41, 5.74) is 1.96. The van der Waals surface area contributed by atoms with Gasteiger partial charge >= 0.3 is 0 Å². The normalized spacial score (nSPS) is 23.6. The molecule has 1 amide bonds. The van der Waals surface area contributed by atoms with Crippen LogP contribution in [0.2, 0.25) is 5.02 Å². The van der Waals surface area contributed by atoms with Crippen LogP contribution < -0.4 is 14.8 Å². The van der Waals surface area contributed by atoms with Crippen LogP contribution in [0.3, 0.4) is 0 Å². The zero-order valence-electron chi connectivity index (χ0n) is 21.5. The van der Waals surface area contributed by atoms with E-state index < -0.39 is 43.2 Å². The molecule has 1 aromatic heterocycles. The number of carbonyl (C=O) groups is 1. The number of aliphatic hydroxyl groups excluding tert-OH is 3. The Bertz CT molecular complexity index is 1280. The Morgan fingerprint density at radius 3 is 2.61 bits per heavy atom. The number of imidazole rings is 1. The molecule has 0 aliphatic carbocycles. The van der Waals surface area contributed by atoms with Crippen LogP contribution in [-0.2, 0) is 16.1 Å². The molecule has 0 saturated carbocycles. The van der Waals surface area contributed by atoms with Gasteiger partial charge in [-0.15, -0.1) is 0 Å². The van der Waals surface area contributed by atoms with E-state index in [1.165, 1.54) is 26.4 Å². The lowest BCUT2D eigenvalue weighted by Crippen LogP contribution is -2.64. The zero-order valence-corrected chi connectivity index (χ0v) is 22.3. The number of benzene rings is 2. The summed E-state index contributed by atoms with van der Waals surface area (Å²) >= 11 is 6.51. The number of hydrogen-bond donors (Lipinski definition) is 4. The van der Waals surface area contributed by atoms with Crippen LogP contribution >= 0.6 is 11.6 Å². The number of para-hydroxylation sites is 2. The molecule has 3 aromatic rings. The lowest BCUT2D eigenvalue weighted by atomic mass is 9.96. The Kier molecular flexibility index (Phi) is 8.76. The third kappa shape index (κ3) is 5.44. The van der Waals surface area contributed by atoms with E-state index >= 15 is 0 Å². The number of nitrogens with zero attached hydrogens (tertiary/aromatic N) is 2. The summed E-state index contributed by atoms with van der Waals surface area (Å²) in [5.74, 6) is 0.546. The molecular formula is C26H32ClN3O8. The number of halogens is 1. The minimum absolute atomic E-state index is 0.111. The quantitative estimate of drug-likeness (QED) is 0.315. The number of amides is 1. The number of aromatic nitrogens is 2. The van der Waals surface area contributed by atoms with E-state index in [0.717, 1.165) is 11.0 Å². The van der Waals surface area contributed by atoms with Crippen LogP contribution in [0.25, 0.3) is 11.0 Å². The molecule has 1 aliphatic heterocycles. The third-order valence-corrected chi connectivity index (χ3v) is 6.71. The molecule has 12 heteroatoms. The van der Waals surface area contributed by atoms with Gasteiger partial charge in [0, 0.05) is 18.7 Å². The Morgan fingerprint density at radius 1 is 1.21 bits per heavy atom. The molecule has 1 aliphatic rings.